The van der Waals surface area contributed by atoms with Gasteiger partial charge >= 0.3 is 0 Å². The number of benzene rings is 2. The Balaban J connectivity index is 1.79. The molecule has 0 aliphatic heterocycles. The van der Waals surface area contributed by atoms with Crippen LogP contribution in [0, 0.1) is 0 Å². The largest absolute Gasteiger partial charge is 0.497 e. The SMILES string of the molecule is COc1ccc(CCNC(=O)CCCN(c2ccc(OC)cc2)S(C)(=O)=O)cc1. The van der Waals surface area contributed by atoms with Gasteiger partial charge in [-0.15, -0.1) is 0 Å². The maximum atomic E-state index is 12.1. The Kier molecular flexibility index (Phi) is 8.33. The Hall–Kier alpha value is -2.74. The summed E-state index contributed by atoms with van der Waals surface area (Å²) in [5, 5.41) is 2.87. The van der Waals surface area contributed by atoms with Crippen molar-refractivity contribution in [3.05, 3.63) is 54.1 Å². The zero-order chi connectivity index (χ0) is 21.3. The third-order valence-electron chi connectivity index (χ3n) is 4.42. The van der Waals surface area contributed by atoms with Crippen LogP contribution >= 0.6 is 0 Å². The van der Waals surface area contributed by atoms with Crippen molar-refractivity contribution in [1.82, 2.24) is 5.32 Å². The predicted octanol–water partition coefficient (Wildman–Crippen LogP) is 2.61. The lowest BCUT2D eigenvalue weighted by molar-refractivity contribution is -0.121. The molecule has 0 saturated heterocycles. The first-order valence-electron chi connectivity index (χ1n) is 9.35. The van der Waals surface area contributed by atoms with E-state index >= 15 is 0 Å². The second kappa shape index (κ2) is 10.7. The summed E-state index contributed by atoms with van der Waals surface area (Å²) >= 11 is 0. The Labute approximate surface area is 172 Å². The average Bonchev–Trinajstić information content (AvgIpc) is 2.71. The van der Waals surface area contributed by atoms with Crippen LogP contribution in [0.4, 0.5) is 5.69 Å². The molecule has 0 saturated carbocycles. The summed E-state index contributed by atoms with van der Waals surface area (Å²) in [6, 6.07) is 14.5. The highest BCUT2D eigenvalue weighted by Gasteiger charge is 2.17. The maximum Gasteiger partial charge on any atom is 0.232 e. The summed E-state index contributed by atoms with van der Waals surface area (Å²) in [5.74, 6) is 1.35. The zero-order valence-corrected chi connectivity index (χ0v) is 17.9. The molecular weight excluding hydrogens is 392 g/mol. The van der Waals surface area contributed by atoms with Gasteiger partial charge in [0.2, 0.25) is 15.9 Å². The fraction of sp³-hybridized carbons (Fsp3) is 0.381. The van der Waals surface area contributed by atoms with Crippen LogP contribution in [0.3, 0.4) is 0 Å². The minimum absolute atomic E-state index is 0.0957. The highest BCUT2D eigenvalue weighted by atomic mass is 32.2. The molecule has 2 rings (SSSR count). The van der Waals surface area contributed by atoms with Crippen molar-refractivity contribution in [2.45, 2.75) is 19.3 Å². The van der Waals surface area contributed by atoms with E-state index in [1.54, 1.807) is 38.5 Å². The van der Waals surface area contributed by atoms with Crippen molar-refractivity contribution >= 4 is 21.6 Å². The molecule has 8 heteroatoms. The minimum atomic E-state index is -3.44. The van der Waals surface area contributed by atoms with Gasteiger partial charge in [-0.1, -0.05) is 12.1 Å². The minimum Gasteiger partial charge on any atom is -0.497 e. The monoisotopic (exact) mass is 420 g/mol. The molecule has 2 aromatic carbocycles. The number of amides is 1. The van der Waals surface area contributed by atoms with Gasteiger partial charge in [-0.25, -0.2) is 8.42 Å². The van der Waals surface area contributed by atoms with Crippen LogP contribution in [0.5, 0.6) is 11.5 Å². The van der Waals surface area contributed by atoms with Crippen molar-refractivity contribution in [2.24, 2.45) is 0 Å². The molecule has 0 aromatic heterocycles. The lowest BCUT2D eigenvalue weighted by Gasteiger charge is -2.22. The molecule has 1 N–H and O–H groups in total. The number of sulfonamides is 1. The van der Waals surface area contributed by atoms with Gasteiger partial charge in [0.1, 0.15) is 11.5 Å². The molecule has 2 aromatic rings. The Morgan fingerprint density at radius 3 is 2.03 bits per heavy atom. The Morgan fingerprint density at radius 1 is 0.966 bits per heavy atom. The van der Waals surface area contributed by atoms with E-state index in [1.807, 2.05) is 24.3 Å². The lowest BCUT2D eigenvalue weighted by Crippen LogP contribution is -2.32. The molecule has 29 heavy (non-hydrogen) atoms. The van der Waals surface area contributed by atoms with Gasteiger partial charge in [-0.3, -0.25) is 9.10 Å². The summed E-state index contributed by atoms with van der Waals surface area (Å²) in [5.41, 5.74) is 1.65. The standard InChI is InChI=1S/C21H28N2O5S/c1-27-19-10-6-17(7-11-19)14-15-22-21(24)5-4-16-23(29(3,25)26)18-8-12-20(28-2)13-9-18/h6-13H,4-5,14-16H2,1-3H3,(H,22,24). The highest BCUT2D eigenvalue weighted by molar-refractivity contribution is 7.92. The molecule has 158 valence electrons. The second-order valence-electron chi connectivity index (χ2n) is 6.58. The van der Waals surface area contributed by atoms with E-state index in [9.17, 15) is 13.2 Å². The van der Waals surface area contributed by atoms with Crippen LogP contribution in [0.25, 0.3) is 0 Å². The summed E-state index contributed by atoms with van der Waals surface area (Å²) in [6.45, 7) is 0.760. The number of nitrogens with one attached hydrogen (secondary N) is 1. The van der Waals surface area contributed by atoms with E-state index in [0.717, 1.165) is 24.0 Å². The van der Waals surface area contributed by atoms with Crippen molar-refractivity contribution < 1.29 is 22.7 Å². The van der Waals surface area contributed by atoms with Crippen LogP contribution in [0.15, 0.2) is 48.5 Å². The topological polar surface area (TPSA) is 84.9 Å². The summed E-state index contributed by atoms with van der Waals surface area (Å²) < 4.78 is 35.8. The number of carbonyl (C=O) groups excluding carboxylic acids is 1. The van der Waals surface area contributed by atoms with Crippen LogP contribution < -0.4 is 19.1 Å². The number of rotatable bonds is 11. The first-order chi connectivity index (χ1) is 13.8. The number of carbonyl (C=O) groups is 1. The quantitative estimate of drug-likeness (QED) is 0.604. The van der Waals surface area contributed by atoms with E-state index in [4.69, 9.17) is 9.47 Å². The molecule has 0 aliphatic rings. The van der Waals surface area contributed by atoms with Crippen molar-refractivity contribution in [1.29, 1.82) is 0 Å². The van der Waals surface area contributed by atoms with Crippen molar-refractivity contribution in [3.63, 3.8) is 0 Å². The van der Waals surface area contributed by atoms with Crippen molar-refractivity contribution in [3.8, 4) is 11.5 Å². The third kappa shape index (κ3) is 7.30. The maximum absolute atomic E-state index is 12.1. The summed E-state index contributed by atoms with van der Waals surface area (Å²) in [4.78, 5) is 12.1. The Morgan fingerprint density at radius 2 is 1.52 bits per heavy atom. The first-order valence-corrected chi connectivity index (χ1v) is 11.2. The van der Waals surface area contributed by atoms with Gasteiger partial charge in [0.15, 0.2) is 0 Å². The molecule has 0 spiro atoms. The molecule has 0 heterocycles. The van der Waals surface area contributed by atoms with Gasteiger partial charge in [0.05, 0.1) is 26.2 Å². The van der Waals surface area contributed by atoms with E-state index in [0.29, 0.717) is 24.4 Å². The molecule has 0 atom stereocenters. The number of hydrogen-bond acceptors (Lipinski definition) is 5. The zero-order valence-electron chi connectivity index (χ0n) is 17.1. The Bertz CT molecular complexity index is 880. The number of nitrogens with zero attached hydrogens (tertiary/aromatic N) is 1. The molecule has 0 radical (unpaired) electrons. The van der Waals surface area contributed by atoms with E-state index in [-0.39, 0.29) is 18.9 Å². The van der Waals surface area contributed by atoms with E-state index in [2.05, 4.69) is 5.32 Å². The van der Waals surface area contributed by atoms with Gasteiger partial charge in [-0.05, 0) is 54.8 Å². The van der Waals surface area contributed by atoms with E-state index < -0.39 is 10.0 Å². The van der Waals surface area contributed by atoms with Gasteiger partial charge in [0, 0.05) is 19.5 Å². The van der Waals surface area contributed by atoms with Crippen LogP contribution in [0.2, 0.25) is 0 Å². The van der Waals surface area contributed by atoms with Crippen molar-refractivity contribution in [2.75, 3.05) is 37.9 Å². The molecular formula is C21H28N2O5S. The fourth-order valence-corrected chi connectivity index (χ4v) is 3.81. The number of ether oxygens (including phenoxy) is 2. The normalized spacial score (nSPS) is 11.0. The average molecular weight is 421 g/mol. The molecule has 0 fully saturated rings. The summed E-state index contributed by atoms with van der Waals surface area (Å²) in [6.07, 6.45) is 2.56. The summed E-state index contributed by atoms with van der Waals surface area (Å²) in [7, 11) is -0.272. The van der Waals surface area contributed by atoms with Crippen LogP contribution in [-0.4, -0.2) is 47.9 Å². The highest BCUT2D eigenvalue weighted by Crippen LogP contribution is 2.22. The fourth-order valence-electron chi connectivity index (χ4n) is 2.84. The predicted molar refractivity (Wildman–Crippen MR) is 114 cm³/mol. The van der Waals surface area contributed by atoms with Gasteiger partial charge in [-0.2, -0.15) is 0 Å². The van der Waals surface area contributed by atoms with Crippen LogP contribution in [-0.2, 0) is 21.2 Å². The second-order valence-corrected chi connectivity index (χ2v) is 8.49. The number of anilines is 1. The smallest absolute Gasteiger partial charge is 0.232 e. The molecule has 1 amide bonds. The molecule has 0 unspecified atom stereocenters. The van der Waals surface area contributed by atoms with Gasteiger partial charge in [0.25, 0.3) is 0 Å². The molecule has 0 bridgehead atoms. The first kappa shape index (κ1) is 22.5. The van der Waals surface area contributed by atoms with Gasteiger partial charge < -0.3 is 14.8 Å². The van der Waals surface area contributed by atoms with E-state index in [1.165, 1.54) is 4.31 Å². The molecule has 0 aliphatic carbocycles. The number of methoxy groups -OCH3 is 2. The number of hydrogen-bond donors (Lipinski definition) is 1. The molecule has 7 nitrogen and oxygen atoms in total. The third-order valence-corrected chi connectivity index (χ3v) is 5.61. The lowest BCUT2D eigenvalue weighted by atomic mass is 10.1. The van der Waals surface area contributed by atoms with Crippen LogP contribution in [0.1, 0.15) is 18.4 Å².